The molecule has 18 heavy (non-hydrogen) atoms. The van der Waals surface area contributed by atoms with Crippen LogP contribution < -0.4 is 10.6 Å². The fraction of sp³-hybridized carbons (Fsp3) is 0.857. The van der Waals surface area contributed by atoms with Crippen LogP contribution in [0, 0.1) is 5.92 Å². The molecule has 1 aliphatic carbocycles. The van der Waals surface area contributed by atoms with Gasteiger partial charge in [0.15, 0.2) is 0 Å². The van der Waals surface area contributed by atoms with E-state index in [1.54, 1.807) is 0 Å². The van der Waals surface area contributed by atoms with Crippen molar-refractivity contribution in [2.75, 3.05) is 39.3 Å². The van der Waals surface area contributed by atoms with E-state index >= 15 is 0 Å². The van der Waals surface area contributed by atoms with Crippen LogP contribution in [0.25, 0.3) is 0 Å². The van der Waals surface area contributed by atoms with Crippen molar-refractivity contribution in [3.8, 4) is 0 Å². The van der Waals surface area contributed by atoms with Crippen molar-refractivity contribution in [1.82, 2.24) is 10.6 Å². The molecule has 0 aromatic carbocycles. The van der Waals surface area contributed by atoms with Crippen LogP contribution in [0.1, 0.15) is 32.1 Å². The molecule has 2 N–H and O–H groups in total. The molecule has 4 heteroatoms. The van der Waals surface area contributed by atoms with Crippen LogP contribution in [0.2, 0.25) is 0 Å². The largest absolute Gasteiger partial charge is 0.315 e. The predicted molar refractivity (Wildman–Crippen MR) is 78.0 cm³/mol. The third-order valence-corrected chi connectivity index (χ3v) is 3.70. The number of rotatable bonds is 0. The minimum Gasteiger partial charge on any atom is -0.315 e. The normalized spacial score (nSPS) is 28.0. The summed E-state index contributed by atoms with van der Waals surface area (Å²) in [6, 6.07) is 0. The molecule has 0 aromatic heterocycles. The molecular formula is C14H26N4. The molecule has 1 fully saturated rings. The Kier molecular flexibility index (Phi) is 6.37. The van der Waals surface area contributed by atoms with Gasteiger partial charge in [0.1, 0.15) is 0 Å². The Morgan fingerprint density at radius 3 is 3.00 bits per heavy atom. The Bertz CT molecular complexity index is 286. The zero-order chi connectivity index (χ0) is 12.5. The van der Waals surface area contributed by atoms with Crippen LogP contribution in [0.5, 0.6) is 0 Å². The average molecular weight is 250 g/mol. The molecule has 4 nitrogen and oxygen atoms in total. The van der Waals surface area contributed by atoms with E-state index < -0.39 is 0 Å². The molecule has 0 amide bonds. The van der Waals surface area contributed by atoms with Crippen molar-refractivity contribution in [1.29, 1.82) is 0 Å². The number of fused-ring (bicyclic) bond motifs is 1. The standard InChI is InChI=1S/C14H26N4/c1-2-5-14-13(4-1)12-17-9-8-15-6-3-7-16-10-11-18-14/h6,13,16-17H,1-5,7-12H2. The van der Waals surface area contributed by atoms with Crippen LogP contribution >= 0.6 is 0 Å². The van der Waals surface area contributed by atoms with E-state index in [1.807, 2.05) is 6.21 Å². The van der Waals surface area contributed by atoms with E-state index in [4.69, 9.17) is 4.99 Å². The van der Waals surface area contributed by atoms with Crippen LogP contribution in [0.15, 0.2) is 9.98 Å². The maximum atomic E-state index is 4.81. The minimum absolute atomic E-state index is 0.672. The van der Waals surface area contributed by atoms with Crippen LogP contribution in [-0.4, -0.2) is 51.2 Å². The average Bonchev–Trinajstić information content (AvgIpc) is 2.41. The second-order valence-electron chi connectivity index (χ2n) is 5.15. The zero-order valence-electron chi connectivity index (χ0n) is 11.3. The van der Waals surface area contributed by atoms with Crippen LogP contribution in [-0.2, 0) is 0 Å². The third kappa shape index (κ3) is 4.86. The van der Waals surface area contributed by atoms with Gasteiger partial charge in [-0.25, -0.2) is 0 Å². The summed E-state index contributed by atoms with van der Waals surface area (Å²) in [4.78, 5) is 9.22. The first kappa shape index (κ1) is 13.7. The fourth-order valence-electron chi connectivity index (χ4n) is 2.67. The van der Waals surface area contributed by atoms with E-state index in [9.17, 15) is 0 Å². The van der Waals surface area contributed by atoms with Crippen molar-refractivity contribution < 1.29 is 0 Å². The number of hydrogen-bond acceptors (Lipinski definition) is 4. The highest BCUT2D eigenvalue weighted by Crippen LogP contribution is 2.21. The first-order chi connectivity index (χ1) is 8.97. The van der Waals surface area contributed by atoms with Gasteiger partial charge in [0.25, 0.3) is 0 Å². The maximum absolute atomic E-state index is 4.81. The maximum Gasteiger partial charge on any atom is 0.0513 e. The third-order valence-electron chi connectivity index (χ3n) is 3.70. The lowest BCUT2D eigenvalue weighted by Gasteiger charge is -2.24. The van der Waals surface area contributed by atoms with Crippen LogP contribution in [0.3, 0.4) is 0 Å². The van der Waals surface area contributed by atoms with Gasteiger partial charge in [-0.3, -0.25) is 9.98 Å². The highest BCUT2D eigenvalue weighted by atomic mass is 14.9. The molecule has 1 aliphatic heterocycles. The molecule has 2 aliphatic rings. The molecule has 1 atom stereocenters. The Morgan fingerprint density at radius 2 is 2.00 bits per heavy atom. The first-order valence-electron chi connectivity index (χ1n) is 7.40. The van der Waals surface area contributed by atoms with Gasteiger partial charge >= 0.3 is 0 Å². The van der Waals surface area contributed by atoms with Crippen molar-refractivity contribution in [3.05, 3.63) is 0 Å². The second kappa shape index (κ2) is 8.38. The quantitative estimate of drug-likeness (QED) is 0.680. The number of nitrogens with one attached hydrogen (secondary N) is 2. The van der Waals surface area contributed by atoms with Gasteiger partial charge in [0, 0.05) is 37.8 Å². The lowest BCUT2D eigenvalue weighted by atomic mass is 9.87. The Balaban J connectivity index is 1.87. The summed E-state index contributed by atoms with van der Waals surface area (Å²) in [6.07, 6.45) is 8.27. The molecular weight excluding hydrogens is 224 g/mol. The van der Waals surface area contributed by atoms with Gasteiger partial charge in [-0.2, -0.15) is 0 Å². The van der Waals surface area contributed by atoms with Crippen molar-refractivity contribution in [2.45, 2.75) is 32.1 Å². The molecule has 0 saturated heterocycles. The molecule has 0 bridgehead atoms. The highest BCUT2D eigenvalue weighted by Gasteiger charge is 2.19. The zero-order valence-corrected chi connectivity index (χ0v) is 11.3. The Labute approximate surface area is 110 Å². The summed E-state index contributed by atoms with van der Waals surface area (Å²) in [5.41, 5.74) is 1.45. The van der Waals surface area contributed by atoms with E-state index in [0.29, 0.717) is 5.92 Å². The topological polar surface area (TPSA) is 48.8 Å². The molecule has 0 spiro atoms. The number of nitrogens with zero attached hydrogens (tertiary/aromatic N) is 2. The van der Waals surface area contributed by atoms with Gasteiger partial charge < -0.3 is 10.6 Å². The van der Waals surface area contributed by atoms with E-state index in [-0.39, 0.29) is 0 Å². The molecule has 0 aromatic rings. The number of aliphatic imine (C=N–C) groups is 2. The molecule has 1 saturated carbocycles. The Morgan fingerprint density at radius 1 is 1.06 bits per heavy atom. The van der Waals surface area contributed by atoms with Gasteiger partial charge in [0.05, 0.1) is 13.1 Å². The highest BCUT2D eigenvalue weighted by molar-refractivity contribution is 5.87. The first-order valence-corrected chi connectivity index (χ1v) is 7.40. The molecule has 102 valence electrons. The van der Waals surface area contributed by atoms with Gasteiger partial charge in [-0.15, -0.1) is 0 Å². The van der Waals surface area contributed by atoms with Crippen molar-refractivity contribution in [3.63, 3.8) is 0 Å². The van der Waals surface area contributed by atoms with Crippen molar-refractivity contribution >= 4 is 11.9 Å². The summed E-state index contributed by atoms with van der Waals surface area (Å²) < 4.78 is 0. The molecule has 0 radical (unpaired) electrons. The summed E-state index contributed by atoms with van der Waals surface area (Å²) in [7, 11) is 0. The van der Waals surface area contributed by atoms with E-state index in [2.05, 4.69) is 15.6 Å². The van der Waals surface area contributed by atoms with E-state index in [0.717, 1.165) is 45.7 Å². The van der Waals surface area contributed by atoms with Gasteiger partial charge in [-0.1, -0.05) is 6.42 Å². The minimum atomic E-state index is 0.672. The molecule has 1 heterocycles. The predicted octanol–water partition coefficient (Wildman–Crippen LogP) is 1.27. The summed E-state index contributed by atoms with van der Waals surface area (Å²) in [5, 5.41) is 6.95. The second-order valence-corrected chi connectivity index (χ2v) is 5.15. The summed E-state index contributed by atoms with van der Waals surface area (Å²) >= 11 is 0. The fourth-order valence-corrected chi connectivity index (χ4v) is 2.67. The molecule has 2 rings (SSSR count). The smallest absolute Gasteiger partial charge is 0.0513 e. The van der Waals surface area contributed by atoms with Crippen LogP contribution in [0.4, 0.5) is 0 Å². The lowest BCUT2D eigenvalue weighted by Crippen LogP contribution is -2.33. The Hall–Kier alpha value is -0.740. The lowest BCUT2D eigenvalue weighted by molar-refractivity contribution is 0.488. The number of hydrogen-bond donors (Lipinski definition) is 2. The SMILES string of the molecule is C1=NCCNCC2CCCCC2=NCCNCC1. The summed E-state index contributed by atoms with van der Waals surface area (Å²) in [5.74, 6) is 0.672. The van der Waals surface area contributed by atoms with Crippen molar-refractivity contribution in [2.24, 2.45) is 15.9 Å². The summed E-state index contributed by atoms with van der Waals surface area (Å²) in [6.45, 7) is 5.93. The van der Waals surface area contributed by atoms with E-state index in [1.165, 1.54) is 31.4 Å². The van der Waals surface area contributed by atoms with Gasteiger partial charge in [-0.05, 0) is 31.9 Å². The van der Waals surface area contributed by atoms with Gasteiger partial charge in [0.2, 0.25) is 0 Å². The monoisotopic (exact) mass is 250 g/mol. The molecule has 1 unspecified atom stereocenters.